The van der Waals surface area contributed by atoms with E-state index >= 15 is 0 Å². The molecule has 7 heteroatoms. The molecule has 49 heavy (non-hydrogen) atoms. The second-order valence-corrected chi connectivity index (χ2v) is 15.9. The van der Waals surface area contributed by atoms with Gasteiger partial charge in [-0.2, -0.15) is 0 Å². The van der Waals surface area contributed by atoms with E-state index in [1.165, 1.54) is 167 Å². The van der Waals surface area contributed by atoms with Crippen LogP contribution in [-0.4, -0.2) is 57.9 Å². The Labute approximate surface area is 314 Å². The van der Waals surface area contributed by atoms with E-state index in [-0.39, 0.29) is 13.2 Å². The molecule has 0 bridgehead atoms. The largest absolute Gasteiger partial charge is 0.484 e. The van der Waals surface area contributed by atoms with Crippen LogP contribution in [-0.2, 0) is 14.2 Å². The van der Waals surface area contributed by atoms with E-state index in [1.807, 2.05) is 0 Å². The fourth-order valence-electron chi connectivity index (χ4n) is 6.91. The van der Waals surface area contributed by atoms with Crippen molar-refractivity contribution in [3.63, 3.8) is 0 Å². The molecule has 290 valence electrons. The summed E-state index contributed by atoms with van der Waals surface area (Å²) < 4.78 is 17.2. The molecule has 1 aliphatic rings. The lowest BCUT2D eigenvalue weighted by Crippen LogP contribution is -2.42. The van der Waals surface area contributed by atoms with Crippen LogP contribution in [0, 0.1) is 0 Å². The molecule has 0 amide bonds. The van der Waals surface area contributed by atoms with E-state index in [0.717, 1.165) is 38.5 Å². The molecular formula is C42H80O5S2. The van der Waals surface area contributed by atoms with E-state index in [9.17, 15) is 10.2 Å². The predicted octanol–water partition coefficient (Wildman–Crippen LogP) is 12.7. The van der Waals surface area contributed by atoms with Crippen LogP contribution < -0.4 is 0 Å². The minimum Gasteiger partial charge on any atom is -0.484 e. The second-order valence-electron chi connectivity index (χ2n) is 15.0. The minimum atomic E-state index is -0.966. The first-order valence-corrected chi connectivity index (χ1v) is 22.1. The topological polar surface area (TPSA) is 68.2 Å². The maximum atomic E-state index is 10.7. The maximum absolute atomic E-state index is 10.7. The van der Waals surface area contributed by atoms with Crippen molar-refractivity contribution in [3.8, 4) is 0 Å². The zero-order valence-electron chi connectivity index (χ0n) is 32.3. The summed E-state index contributed by atoms with van der Waals surface area (Å²) in [5.41, 5.74) is 0. The molecule has 5 nitrogen and oxygen atoms in total. The van der Waals surface area contributed by atoms with Gasteiger partial charge in [-0.1, -0.05) is 194 Å². The molecule has 0 spiro atoms. The lowest BCUT2D eigenvalue weighted by molar-refractivity contribution is -0.0657. The first-order chi connectivity index (χ1) is 24.0. The SMILES string of the molecule is CCCCCCCCCCCCCCCCCC(=S)OC[C@H](O)[C@@H]1OC[C@@H](OC(=S)CCCCCCCCCCCCCCCCC)[C@@H]1O. The van der Waals surface area contributed by atoms with Crippen LogP contribution in [0.4, 0.5) is 0 Å². The van der Waals surface area contributed by atoms with Crippen molar-refractivity contribution in [1.82, 2.24) is 0 Å². The molecule has 0 radical (unpaired) electrons. The fraction of sp³-hybridized carbons (Fsp3) is 0.952. The monoisotopic (exact) mass is 729 g/mol. The lowest BCUT2D eigenvalue weighted by Gasteiger charge is -2.23. The van der Waals surface area contributed by atoms with E-state index in [2.05, 4.69) is 13.8 Å². The van der Waals surface area contributed by atoms with Gasteiger partial charge in [0.15, 0.2) is 16.2 Å². The molecule has 0 aromatic rings. The number of ether oxygens (including phenoxy) is 3. The molecule has 1 heterocycles. The van der Waals surface area contributed by atoms with Gasteiger partial charge in [0, 0.05) is 12.8 Å². The molecular weight excluding hydrogens is 649 g/mol. The van der Waals surface area contributed by atoms with Gasteiger partial charge in [0.2, 0.25) is 0 Å². The summed E-state index contributed by atoms with van der Waals surface area (Å²) >= 11 is 10.8. The minimum absolute atomic E-state index is 0.0234. The molecule has 0 aromatic carbocycles. The molecule has 2 N–H and O–H groups in total. The molecule has 0 aromatic heterocycles. The first-order valence-electron chi connectivity index (χ1n) is 21.3. The van der Waals surface area contributed by atoms with Crippen LogP contribution in [0.2, 0.25) is 0 Å². The van der Waals surface area contributed by atoms with E-state index < -0.39 is 24.4 Å². The Morgan fingerprint density at radius 1 is 0.551 bits per heavy atom. The van der Waals surface area contributed by atoms with Crippen LogP contribution in [0.25, 0.3) is 0 Å². The van der Waals surface area contributed by atoms with Gasteiger partial charge in [-0.25, -0.2) is 0 Å². The van der Waals surface area contributed by atoms with Crippen LogP contribution in [0.1, 0.15) is 219 Å². The molecule has 1 saturated heterocycles. The molecule has 1 rings (SSSR count). The second kappa shape index (κ2) is 34.7. The average molecular weight is 729 g/mol. The van der Waals surface area contributed by atoms with Gasteiger partial charge in [-0.3, -0.25) is 0 Å². The van der Waals surface area contributed by atoms with Crippen LogP contribution in [0.5, 0.6) is 0 Å². The quantitative estimate of drug-likeness (QED) is 0.0492. The molecule has 4 atom stereocenters. The summed E-state index contributed by atoms with van der Waals surface area (Å²) in [4.78, 5) is 0. The summed E-state index contributed by atoms with van der Waals surface area (Å²) in [5, 5.41) is 22.4. The summed E-state index contributed by atoms with van der Waals surface area (Å²) in [5.74, 6) is 0. The summed E-state index contributed by atoms with van der Waals surface area (Å²) in [6, 6.07) is 0. The van der Waals surface area contributed by atoms with Crippen LogP contribution >= 0.6 is 24.4 Å². The van der Waals surface area contributed by atoms with Crippen molar-refractivity contribution >= 4 is 34.5 Å². The smallest absolute Gasteiger partial charge is 0.160 e. The van der Waals surface area contributed by atoms with E-state index in [1.54, 1.807) is 0 Å². The maximum Gasteiger partial charge on any atom is 0.160 e. The van der Waals surface area contributed by atoms with Gasteiger partial charge in [0.05, 0.1) is 6.61 Å². The Morgan fingerprint density at radius 2 is 0.878 bits per heavy atom. The molecule has 0 unspecified atom stereocenters. The summed E-state index contributed by atoms with van der Waals surface area (Å²) in [6.07, 6.45) is 38.2. The number of hydrogen-bond acceptors (Lipinski definition) is 7. The van der Waals surface area contributed by atoms with Crippen molar-refractivity contribution < 1.29 is 24.4 Å². The Bertz CT molecular complexity index is 751. The summed E-state index contributed by atoms with van der Waals surface area (Å²) in [6.45, 7) is 4.79. The highest BCUT2D eigenvalue weighted by atomic mass is 32.1. The Balaban J connectivity index is 1.95. The van der Waals surface area contributed by atoms with Crippen molar-refractivity contribution in [2.45, 2.75) is 244 Å². The van der Waals surface area contributed by atoms with Crippen molar-refractivity contribution in [2.75, 3.05) is 13.2 Å². The van der Waals surface area contributed by atoms with Crippen molar-refractivity contribution in [1.29, 1.82) is 0 Å². The molecule has 0 aliphatic carbocycles. The van der Waals surface area contributed by atoms with E-state index in [0.29, 0.717) is 10.1 Å². The van der Waals surface area contributed by atoms with Crippen molar-refractivity contribution in [3.05, 3.63) is 0 Å². The zero-order valence-corrected chi connectivity index (χ0v) is 33.9. The molecule has 1 aliphatic heterocycles. The van der Waals surface area contributed by atoms with Gasteiger partial charge in [0.1, 0.15) is 24.9 Å². The normalized spacial score (nSPS) is 18.2. The zero-order chi connectivity index (χ0) is 35.6. The van der Waals surface area contributed by atoms with E-state index in [4.69, 9.17) is 38.6 Å². The third-order valence-corrected chi connectivity index (χ3v) is 10.8. The Hall–Kier alpha value is -0.340. The highest BCUT2D eigenvalue weighted by Gasteiger charge is 2.42. The number of thiocarbonyl (C=S) groups is 2. The number of aliphatic hydroxyl groups is 2. The first kappa shape index (κ1) is 46.7. The summed E-state index contributed by atoms with van der Waals surface area (Å²) in [7, 11) is 0. The number of rotatable bonds is 36. The molecule has 1 fully saturated rings. The van der Waals surface area contributed by atoms with Crippen LogP contribution in [0.15, 0.2) is 0 Å². The Morgan fingerprint density at radius 3 is 1.24 bits per heavy atom. The molecule has 0 saturated carbocycles. The third-order valence-electron chi connectivity index (χ3n) is 10.2. The standard InChI is InChI=1S/C42H80O5S2/c1-3-5-7-9-11-13-15-17-19-21-23-25-27-29-31-33-39(48)45-35-37(43)42-41(44)38(36-46-42)47-40(49)34-32-30-28-26-24-22-20-18-16-14-12-10-8-6-4-2/h37-38,41-44H,3-36H2,1-2H3/t37-,38+,41-,42-/m0/s1. The van der Waals surface area contributed by atoms with Gasteiger partial charge in [0.25, 0.3) is 0 Å². The third kappa shape index (κ3) is 27.9. The van der Waals surface area contributed by atoms with Gasteiger partial charge >= 0.3 is 0 Å². The number of unbranched alkanes of at least 4 members (excludes halogenated alkanes) is 28. The Kier molecular flexibility index (Phi) is 33.1. The predicted molar refractivity (Wildman–Crippen MR) is 217 cm³/mol. The number of aliphatic hydroxyl groups excluding tert-OH is 2. The average Bonchev–Trinajstić information content (AvgIpc) is 3.46. The van der Waals surface area contributed by atoms with Gasteiger partial charge in [-0.05, 0) is 37.3 Å². The highest BCUT2D eigenvalue weighted by Crippen LogP contribution is 2.23. The van der Waals surface area contributed by atoms with Crippen LogP contribution in [0.3, 0.4) is 0 Å². The number of hydrogen-bond donors (Lipinski definition) is 2. The fourth-order valence-corrected chi connectivity index (χ4v) is 7.39. The van der Waals surface area contributed by atoms with Gasteiger partial charge < -0.3 is 24.4 Å². The lowest BCUT2D eigenvalue weighted by atomic mass is 10.0. The van der Waals surface area contributed by atoms with Gasteiger partial charge in [-0.15, -0.1) is 0 Å². The van der Waals surface area contributed by atoms with Crippen molar-refractivity contribution in [2.24, 2.45) is 0 Å². The highest BCUT2D eigenvalue weighted by molar-refractivity contribution is 7.80.